The third kappa shape index (κ3) is 2.08. The molecule has 1 rings (SSSR count). The quantitative estimate of drug-likeness (QED) is 0.753. The molecule has 15 heavy (non-hydrogen) atoms. The van der Waals surface area contributed by atoms with Gasteiger partial charge in [0.25, 0.3) is 0 Å². The number of methoxy groups -OCH3 is 1. The smallest absolute Gasteiger partial charge is 0.358 e. The molecule has 6 heteroatoms. The lowest BCUT2D eigenvalue weighted by atomic mass is 10.2. The third-order valence-corrected chi connectivity index (χ3v) is 2.12. The molecule has 0 unspecified atom stereocenters. The largest absolute Gasteiger partial charge is 0.464 e. The zero-order valence-electron chi connectivity index (χ0n) is 8.79. The fourth-order valence-corrected chi connectivity index (χ4v) is 1.35. The predicted octanol–water partition coefficient (Wildman–Crippen LogP) is 0.784. The lowest BCUT2D eigenvalue weighted by molar-refractivity contribution is 0.0591. The number of carbonyl (C=O) groups excluding carboxylic acids is 1. The van der Waals surface area contributed by atoms with E-state index >= 15 is 0 Å². The van der Waals surface area contributed by atoms with Gasteiger partial charge in [-0.2, -0.15) is 5.10 Å². The van der Waals surface area contributed by atoms with Crippen LogP contribution in [0.25, 0.3) is 0 Å². The van der Waals surface area contributed by atoms with E-state index in [2.05, 4.69) is 9.84 Å². The highest BCUT2D eigenvalue weighted by Gasteiger charge is 2.20. The number of nitrogens with two attached hydrogens (primary N) is 1. The van der Waals surface area contributed by atoms with Crippen LogP contribution in [0.15, 0.2) is 0 Å². The highest BCUT2D eigenvalue weighted by molar-refractivity contribution is 5.90. The van der Waals surface area contributed by atoms with Crippen molar-refractivity contribution in [3.05, 3.63) is 11.3 Å². The third-order valence-electron chi connectivity index (χ3n) is 2.12. The molecule has 0 amide bonds. The lowest BCUT2D eigenvalue weighted by Gasteiger charge is -1.99. The van der Waals surface area contributed by atoms with E-state index < -0.39 is 12.6 Å². The van der Waals surface area contributed by atoms with Crippen molar-refractivity contribution in [2.75, 3.05) is 19.5 Å². The molecule has 0 aliphatic carbocycles. The summed E-state index contributed by atoms with van der Waals surface area (Å²) in [6.45, 7) is 1.79. The van der Waals surface area contributed by atoms with Crippen LogP contribution in [-0.2, 0) is 17.7 Å². The Hall–Kier alpha value is -1.59. The van der Waals surface area contributed by atoms with Gasteiger partial charge in [0.2, 0.25) is 0 Å². The molecular formula is C9H14FN3O2. The number of alkyl halides is 1. The zero-order chi connectivity index (χ0) is 11.4. The van der Waals surface area contributed by atoms with Crippen LogP contribution in [0, 0.1) is 0 Å². The van der Waals surface area contributed by atoms with Crippen molar-refractivity contribution in [3.8, 4) is 0 Å². The van der Waals surface area contributed by atoms with E-state index in [9.17, 15) is 9.18 Å². The summed E-state index contributed by atoms with van der Waals surface area (Å²) in [4.78, 5) is 11.3. The minimum absolute atomic E-state index is 0.0796. The molecule has 0 fully saturated rings. The van der Waals surface area contributed by atoms with Crippen molar-refractivity contribution in [2.45, 2.75) is 19.9 Å². The van der Waals surface area contributed by atoms with E-state index in [0.29, 0.717) is 17.9 Å². The van der Waals surface area contributed by atoms with Gasteiger partial charge in [-0.25, -0.2) is 9.48 Å². The van der Waals surface area contributed by atoms with Gasteiger partial charge in [-0.05, 0) is 6.92 Å². The first kappa shape index (κ1) is 11.5. The van der Waals surface area contributed by atoms with E-state index in [1.807, 2.05) is 6.92 Å². The van der Waals surface area contributed by atoms with Crippen LogP contribution >= 0.6 is 0 Å². The topological polar surface area (TPSA) is 70.1 Å². The molecule has 0 spiro atoms. The van der Waals surface area contributed by atoms with Gasteiger partial charge in [-0.1, -0.05) is 0 Å². The molecule has 0 saturated carbocycles. The molecule has 84 valence electrons. The number of nitrogen functional groups attached to an aromatic ring is 1. The molecule has 1 aromatic heterocycles. The van der Waals surface area contributed by atoms with Crippen LogP contribution in [0.3, 0.4) is 0 Å². The second-order valence-electron chi connectivity index (χ2n) is 2.96. The molecule has 1 aromatic rings. The fraction of sp³-hybridized carbons (Fsp3) is 0.556. The Labute approximate surface area is 87.0 Å². The first-order chi connectivity index (χ1) is 7.15. The van der Waals surface area contributed by atoms with Gasteiger partial charge in [-0.3, -0.25) is 4.39 Å². The zero-order valence-corrected chi connectivity index (χ0v) is 8.79. The number of halogens is 1. The normalized spacial score (nSPS) is 10.3. The van der Waals surface area contributed by atoms with Crippen LogP contribution in [0.1, 0.15) is 23.0 Å². The van der Waals surface area contributed by atoms with Crippen LogP contribution in [-0.4, -0.2) is 29.5 Å². The van der Waals surface area contributed by atoms with Gasteiger partial charge in [0.15, 0.2) is 5.69 Å². The van der Waals surface area contributed by atoms with Crippen LogP contribution < -0.4 is 5.73 Å². The maximum Gasteiger partial charge on any atom is 0.358 e. The van der Waals surface area contributed by atoms with Crippen molar-refractivity contribution < 1.29 is 13.9 Å². The van der Waals surface area contributed by atoms with E-state index in [1.54, 1.807) is 0 Å². The second-order valence-corrected chi connectivity index (χ2v) is 2.96. The molecule has 0 aliphatic rings. The summed E-state index contributed by atoms with van der Waals surface area (Å²) < 4.78 is 18.3. The monoisotopic (exact) mass is 215 g/mol. The molecule has 0 bridgehead atoms. The molecule has 5 nitrogen and oxygen atoms in total. The highest BCUT2D eigenvalue weighted by atomic mass is 19.1. The molecule has 0 radical (unpaired) electrons. The maximum atomic E-state index is 12.3. The molecule has 1 heterocycles. The van der Waals surface area contributed by atoms with Crippen molar-refractivity contribution in [2.24, 2.45) is 0 Å². The van der Waals surface area contributed by atoms with E-state index in [0.717, 1.165) is 0 Å². The van der Waals surface area contributed by atoms with Crippen LogP contribution in [0.5, 0.6) is 0 Å². The average molecular weight is 215 g/mol. The number of carbonyl (C=O) groups is 1. The maximum absolute atomic E-state index is 12.3. The fourth-order valence-electron chi connectivity index (χ4n) is 1.35. The Kier molecular flexibility index (Phi) is 3.65. The Balaban J connectivity index is 3.18. The molecule has 0 atom stereocenters. The van der Waals surface area contributed by atoms with E-state index in [4.69, 9.17) is 5.73 Å². The first-order valence-corrected chi connectivity index (χ1v) is 4.65. The summed E-state index contributed by atoms with van der Waals surface area (Å²) in [5.74, 6) is -0.257. The number of ether oxygens (including phenoxy) is 1. The number of nitrogens with zero attached hydrogens (tertiary/aromatic N) is 2. The van der Waals surface area contributed by atoms with E-state index in [1.165, 1.54) is 11.8 Å². The second kappa shape index (κ2) is 4.77. The van der Waals surface area contributed by atoms with Gasteiger partial charge in [0.05, 0.1) is 13.8 Å². The number of hydrogen-bond donors (Lipinski definition) is 1. The number of aromatic nitrogens is 2. The minimum Gasteiger partial charge on any atom is -0.464 e. The minimum atomic E-state index is -0.586. The SMILES string of the molecule is CCn1nc(C(=O)OC)c(CCF)c1N. The Morgan fingerprint density at radius 3 is 2.80 bits per heavy atom. The van der Waals surface area contributed by atoms with Gasteiger partial charge in [-0.15, -0.1) is 0 Å². The Bertz CT molecular complexity index is 362. The molecule has 0 aliphatic heterocycles. The van der Waals surface area contributed by atoms with Crippen LogP contribution in [0.2, 0.25) is 0 Å². The van der Waals surface area contributed by atoms with Crippen molar-refractivity contribution in [3.63, 3.8) is 0 Å². The van der Waals surface area contributed by atoms with E-state index in [-0.39, 0.29) is 12.1 Å². The summed E-state index contributed by atoms with van der Waals surface area (Å²) in [6, 6.07) is 0. The average Bonchev–Trinajstić information content (AvgIpc) is 2.56. The van der Waals surface area contributed by atoms with Crippen molar-refractivity contribution in [1.82, 2.24) is 9.78 Å². The van der Waals surface area contributed by atoms with Gasteiger partial charge < -0.3 is 10.5 Å². The number of hydrogen-bond acceptors (Lipinski definition) is 4. The highest BCUT2D eigenvalue weighted by Crippen LogP contribution is 2.18. The molecule has 2 N–H and O–H groups in total. The Morgan fingerprint density at radius 2 is 2.33 bits per heavy atom. The standard InChI is InChI=1S/C9H14FN3O2/c1-3-13-8(11)6(4-5-10)7(12-13)9(14)15-2/h3-5,11H2,1-2H3. The van der Waals surface area contributed by atoms with Crippen molar-refractivity contribution in [1.29, 1.82) is 0 Å². The summed E-state index contributed by atoms with van der Waals surface area (Å²) in [5, 5.41) is 3.97. The number of esters is 1. The molecule has 0 aromatic carbocycles. The number of rotatable bonds is 4. The summed E-state index contributed by atoms with van der Waals surface area (Å²) in [7, 11) is 1.25. The number of anilines is 1. The summed E-state index contributed by atoms with van der Waals surface area (Å²) in [6.07, 6.45) is 0.0796. The first-order valence-electron chi connectivity index (χ1n) is 4.65. The predicted molar refractivity (Wildman–Crippen MR) is 53.3 cm³/mol. The molecule has 0 saturated heterocycles. The summed E-state index contributed by atoms with van der Waals surface area (Å²) in [5.41, 5.74) is 6.25. The van der Waals surface area contributed by atoms with Crippen LogP contribution in [0.4, 0.5) is 10.2 Å². The van der Waals surface area contributed by atoms with Gasteiger partial charge in [0.1, 0.15) is 5.82 Å². The summed E-state index contributed by atoms with van der Waals surface area (Å²) >= 11 is 0. The Morgan fingerprint density at radius 1 is 1.67 bits per heavy atom. The number of aryl methyl sites for hydroxylation is 1. The lowest BCUT2D eigenvalue weighted by Crippen LogP contribution is -2.06. The van der Waals surface area contributed by atoms with Gasteiger partial charge >= 0.3 is 5.97 Å². The van der Waals surface area contributed by atoms with Crippen molar-refractivity contribution >= 4 is 11.8 Å². The van der Waals surface area contributed by atoms with Gasteiger partial charge in [0, 0.05) is 18.5 Å². The molecular weight excluding hydrogens is 201 g/mol.